The zero-order chi connectivity index (χ0) is 10.7. The lowest BCUT2D eigenvalue weighted by Crippen LogP contribution is -2.13. The third-order valence-corrected chi connectivity index (χ3v) is 4.34. The summed E-state index contributed by atoms with van der Waals surface area (Å²) in [6, 6.07) is 0. The van der Waals surface area contributed by atoms with Crippen molar-refractivity contribution in [2.45, 2.75) is 31.6 Å². The summed E-state index contributed by atoms with van der Waals surface area (Å²) in [6.45, 7) is 4.62. The van der Waals surface area contributed by atoms with Gasteiger partial charge in [0.05, 0.1) is 5.01 Å². The van der Waals surface area contributed by atoms with Gasteiger partial charge in [-0.2, -0.15) is 0 Å². The Labute approximate surface area is 94.7 Å². The van der Waals surface area contributed by atoms with Crippen molar-refractivity contribution in [1.82, 2.24) is 4.98 Å². The van der Waals surface area contributed by atoms with Crippen molar-refractivity contribution in [2.75, 3.05) is 19.8 Å². The SMILES string of the molecule is CC(CN)c1cnc(C2CCOCC2)s1. The summed E-state index contributed by atoms with van der Waals surface area (Å²) in [6.07, 6.45) is 4.22. The minimum Gasteiger partial charge on any atom is -0.381 e. The molecule has 1 saturated heterocycles. The number of nitrogens with two attached hydrogens (primary N) is 1. The van der Waals surface area contributed by atoms with Crippen molar-refractivity contribution in [1.29, 1.82) is 0 Å². The summed E-state index contributed by atoms with van der Waals surface area (Å²) in [7, 11) is 0. The van der Waals surface area contributed by atoms with Crippen LogP contribution >= 0.6 is 11.3 Å². The molecule has 0 spiro atoms. The van der Waals surface area contributed by atoms with E-state index in [0.29, 0.717) is 18.4 Å². The van der Waals surface area contributed by atoms with Crippen LogP contribution in [0.25, 0.3) is 0 Å². The largest absolute Gasteiger partial charge is 0.381 e. The molecule has 0 saturated carbocycles. The second-order valence-corrected chi connectivity index (χ2v) is 5.22. The van der Waals surface area contributed by atoms with Gasteiger partial charge >= 0.3 is 0 Å². The quantitative estimate of drug-likeness (QED) is 0.858. The average Bonchev–Trinajstić information content (AvgIpc) is 2.78. The number of ether oxygens (including phenoxy) is 1. The van der Waals surface area contributed by atoms with E-state index in [1.165, 1.54) is 9.88 Å². The molecule has 1 aromatic rings. The number of hydrogen-bond acceptors (Lipinski definition) is 4. The summed E-state index contributed by atoms with van der Waals surface area (Å²) in [5.41, 5.74) is 5.65. The van der Waals surface area contributed by atoms with E-state index in [1.54, 1.807) is 0 Å². The molecule has 0 radical (unpaired) electrons. The summed E-state index contributed by atoms with van der Waals surface area (Å²) in [4.78, 5) is 5.83. The third kappa shape index (κ3) is 2.56. The van der Waals surface area contributed by atoms with Gasteiger partial charge in [0.25, 0.3) is 0 Å². The normalized spacial score (nSPS) is 20.4. The fourth-order valence-electron chi connectivity index (χ4n) is 1.78. The first kappa shape index (κ1) is 11.0. The Kier molecular flexibility index (Phi) is 3.72. The smallest absolute Gasteiger partial charge is 0.0960 e. The van der Waals surface area contributed by atoms with Crippen molar-refractivity contribution in [3.63, 3.8) is 0 Å². The predicted molar refractivity (Wildman–Crippen MR) is 62.4 cm³/mol. The van der Waals surface area contributed by atoms with Crippen molar-refractivity contribution in [2.24, 2.45) is 5.73 Å². The molecule has 0 aromatic carbocycles. The highest BCUT2D eigenvalue weighted by Crippen LogP contribution is 2.32. The maximum atomic E-state index is 5.65. The van der Waals surface area contributed by atoms with E-state index in [4.69, 9.17) is 10.5 Å². The molecular weight excluding hydrogens is 208 g/mol. The minimum atomic E-state index is 0.441. The molecule has 2 heterocycles. The molecule has 1 aliphatic heterocycles. The third-order valence-electron chi connectivity index (χ3n) is 2.95. The minimum absolute atomic E-state index is 0.441. The van der Waals surface area contributed by atoms with Gasteiger partial charge in [-0.3, -0.25) is 0 Å². The highest BCUT2D eigenvalue weighted by Gasteiger charge is 2.19. The van der Waals surface area contributed by atoms with Gasteiger partial charge in [0, 0.05) is 36.1 Å². The topological polar surface area (TPSA) is 48.1 Å². The van der Waals surface area contributed by atoms with E-state index in [2.05, 4.69) is 11.9 Å². The van der Waals surface area contributed by atoms with Gasteiger partial charge in [0.15, 0.2) is 0 Å². The summed E-state index contributed by atoms with van der Waals surface area (Å²) in [5.74, 6) is 1.05. The molecular formula is C11H18N2OS. The Hall–Kier alpha value is -0.450. The van der Waals surface area contributed by atoms with E-state index < -0.39 is 0 Å². The standard InChI is InChI=1S/C11H18N2OS/c1-8(6-12)10-7-13-11(15-10)9-2-4-14-5-3-9/h7-9H,2-6,12H2,1H3. The Morgan fingerprint density at radius 1 is 1.60 bits per heavy atom. The Morgan fingerprint density at radius 3 is 3.00 bits per heavy atom. The van der Waals surface area contributed by atoms with Crippen LogP contribution in [0.15, 0.2) is 6.20 Å². The molecule has 2 rings (SSSR count). The zero-order valence-electron chi connectivity index (χ0n) is 9.11. The molecule has 0 aliphatic carbocycles. The summed E-state index contributed by atoms with van der Waals surface area (Å²) < 4.78 is 5.35. The van der Waals surface area contributed by atoms with Crippen LogP contribution in [-0.2, 0) is 4.74 Å². The second kappa shape index (κ2) is 5.05. The van der Waals surface area contributed by atoms with Crippen molar-refractivity contribution in [3.8, 4) is 0 Å². The van der Waals surface area contributed by atoms with Gasteiger partial charge in [-0.25, -0.2) is 4.98 Å². The van der Waals surface area contributed by atoms with Crippen molar-refractivity contribution < 1.29 is 4.74 Å². The van der Waals surface area contributed by atoms with E-state index in [1.807, 2.05) is 17.5 Å². The van der Waals surface area contributed by atoms with E-state index in [-0.39, 0.29) is 0 Å². The van der Waals surface area contributed by atoms with Crippen LogP contribution in [0.2, 0.25) is 0 Å². The Balaban J connectivity index is 2.05. The molecule has 1 aliphatic rings. The molecule has 1 aromatic heterocycles. The first-order valence-electron chi connectivity index (χ1n) is 5.54. The lowest BCUT2D eigenvalue weighted by Gasteiger charge is -2.19. The van der Waals surface area contributed by atoms with Gasteiger partial charge in [-0.1, -0.05) is 6.92 Å². The van der Waals surface area contributed by atoms with E-state index >= 15 is 0 Å². The maximum absolute atomic E-state index is 5.65. The second-order valence-electron chi connectivity index (χ2n) is 4.12. The first-order chi connectivity index (χ1) is 7.31. The summed E-state index contributed by atoms with van der Waals surface area (Å²) >= 11 is 1.83. The van der Waals surface area contributed by atoms with Gasteiger partial charge < -0.3 is 10.5 Å². The summed E-state index contributed by atoms with van der Waals surface area (Å²) in [5, 5.41) is 1.27. The van der Waals surface area contributed by atoms with Crippen LogP contribution < -0.4 is 5.73 Å². The van der Waals surface area contributed by atoms with Crippen LogP contribution in [0.3, 0.4) is 0 Å². The number of thiazole rings is 1. The number of hydrogen-bond donors (Lipinski definition) is 1. The molecule has 1 unspecified atom stereocenters. The monoisotopic (exact) mass is 226 g/mol. The highest BCUT2D eigenvalue weighted by atomic mass is 32.1. The lowest BCUT2D eigenvalue weighted by atomic mass is 10.0. The van der Waals surface area contributed by atoms with Crippen LogP contribution in [-0.4, -0.2) is 24.7 Å². The van der Waals surface area contributed by atoms with Gasteiger partial charge in [-0.15, -0.1) is 11.3 Å². The van der Waals surface area contributed by atoms with Crippen LogP contribution in [0.4, 0.5) is 0 Å². The molecule has 0 bridgehead atoms. The molecule has 0 amide bonds. The lowest BCUT2D eigenvalue weighted by molar-refractivity contribution is 0.0853. The van der Waals surface area contributed by atoms with Crippen molar-refractivity contribution in [3.05, 3.63) is 16.1 Å². The number of nitrogens with zero attached hydrogens (tertiary/aromatic N) is 1. The fourth-order valence-corrected chi connectivity index (χ4v) is 2.93. The molecule has 1 atom stereocenters. The highest BCUT2D eigenvalue weighted by molar-refractivity contribution is 7.11. The van der Waals surface area contributed by atoms with Crippen molar-refractivity contribution >= 4 is 11.3 Å². The average molecular weight is 226 g/mol. The van der Waals surface area contributed by atoms with Gasteiger partial charge in [0.2, 0.25) is 0 Å². The number of aromatic nitrogens is 1. The van der Waals surface area contributed by atoms with Crippen LogP contribution in [0.1, 0.15) is 41.5 Å². The molecule has 4 heteroatoms. The Morgan fingerprint density at radius 2 is 2.33 bits per heavy atom. The molecule has 84 valence electrons. The van der Waals surface area contributed by atoms with Crippen LogP contribution in [0.5, 0.6) is 0 Å². The van der Waals surface area contributed by atoms with E-state index in [9.17, 15) is 0 Å². The Bertz CT molecular complexity index is 307. The van der Waals surface area contributed by atoms with Gasteiger partial charge in [-0.05, 0) is 19.4 Å². The zero-order valence-corrected chi connectivity index (χ0v) is 9.93. The fraction of sp³-hybridized carbons (Fsp3) is 0.727. The van der Waals surface area contributed by atoms with Gasteiger partial charge in [0.1, 0.15) is 0 Å². The number of rotatable bonds is 3. The molecule has 3 nitrogen and oxygen atoms in total. The molecule has 2 N–H and O–H groups in total. The van der Waals surface area contributed by atoms with Crippen LogP contribution in [0, 0.1) is 0 Å². The molecule has 15 heavy (non-hydrogen) atoms. The predicted octanol–water partition coefficient (Wildman–Crippen LogP) is 2.10. The van der Waals surface area contributed by atoms with E-state index in [0.717, 1.165) is 26.1 Å². The maximum Gasteiger partial charge on any atom is 0.0960 e. The first-order valence-corrected chi connectivity index (χ1v) is 6.36. The molecule has 1 fully saturated rings.